The van der Waals surface area contributed by atoms with Crippen LogP contribution < -0.4 is 5.32 Å². The number of nitrogens with zero attached hydrogens (tertiary/aromatic N) is 3. The van der Waals surface area contributed by atoms with Gasteiger partial charge in [0.1, 0.15) is 16.9 Å². The van der Waals surface area contributed by atoms with Gasteiger partial charge in [-0.2, -0.15) is 0 Å². The van der Waals surface area contributed by atoms with Gasteiger partial charge in [0.05, 0.1) is 5.69 Å². The lowest BCUT2D eigenvalue weighted by molar-refractivity contribution is -0.114. The minimum Gasteiger partial charge on any atom is -0.321 e. The average molecular weight is 438 g/mol. The lowest BCUT2D eigenvalue weighted by Gasteiger charge is -2.15. The third-order valence-electron chi connectivity index (χ3n) is 4.90. The highest BCUT2D eigenvalue weighted by Crippen LogP contribution is 2.26. The van der Waals surface area contributed by atoms with E-state index in [4.69, 9.17) is 22.0 Å². The Kier molecular flexibility index (Phi) is 7.58. The summed E-state index contributed by atoms with van der Waals surface area (Å²) in [5, 5.41) is 9.47. The van der Waals surface area contributed by atoms with Crippen LogP contribution in [0.25, 0.3) is 17.5 Å². The fourth-order valence-corrected chi connectivity index (χ4v) is 3.38. The van der Waals surface area contributed by atoms with E-state index >= 15 is 0 Å². The molecule has 1 aromatic heterocycles. The highest BCUT2D eigenvalue weighted by molar-refractivity contribution is 6.55. The van der Waals surface area contributed by atoms with Gasteiger partial charge in [0, 0.05) is 42.3 Å². The molecule has 162 valence electrons. The number of hydrogen-bond donors (Lipinski definition) is 2. The van der Waals surface area contributed by atoms with Crippen LogP contribution in [0.5, 0.6) is 0 Å². The van der Waals surface area contributed by atoms with Crippen molar-refractivity contribution >= 4 is 35.6 Å². The molecule has 0 bridgehead atoms. The first kappa shape index (κ1) is 22.7. The third kappa shape index (κ3) is 5.79. The zero-order chi connectivity index (χ0) is 22.4. The van der Waals surface area contributed by atoms with Gasteiger partial charge in [-0.3, -0.25) is 9.79 Å². The summed E-state index contributed by atoms with van der Waals surface area (Å²) in [5.41, 5.74) is 2.81. The summed E-state index contributed by atoms with van der Waals surface area (Å²) in [6.07, 6.45) is 9.47. The number of nitrogens with one attached hydrogen (secondary N) is 2. The fraction of sp³-hybridized carbons (Fsp3) is 0.333. The minimum absolute atomic E-state index is 0.157. The van der Waals surface area contributed by atoms with Crippen LogP contribution in [0.2, 0.25) is 0 Å². The molecule has 2 heterocycles. The second kappa shape index (κ2) is 10.4. The van der Waals surface area contributed by atoms with Crippen molar-refractivity contribution in [3.8, 4) is 11.3 Å². The number of amides is 1. The number of hydrogen-bond acceptors (Lipinski definition) is 4. The van der Waals surface area contributed by atoms with Gasteiger partial charge in [0.25, 0.3) is 5.91 Å². The number of imidazole rings is 1. The summed E-state index contributed by atoms with van der Waals surface area (Å²) in [4.78, 5) is 22.0. The summed E-state index contributed by atoms with van der Waals surface area (Å²) >= 11 is 6.15. The molecular formula is C24H28ClN5O. The molecule has 0 fully saturated rings. The number of carbonyl (C=O) groups excluding carboxylic acids is 1. The molecule has 1 aromatic carbocycles. The van der Waals surface area contributed by atoms with Crippen molar-refractivity contribution in [3.63, 3.8) is 0 Å². The topological polar surface area (TPSA) is 83.1 Å². The molecule has 2 atom stereocenters. The highest BCUT2D eigenvalue weighted by Gasteiger charge is 2.21. The van der Waals surface area contributed by atoms with Crippen molar-refractivity contribution in [2.45, 2.75) is 38.5 Å². The van der Waals surface area contributed by atoms with E-state index < -0.39 is 5.38 Å². The second-order valence-corrected chi connectivity index (χ2v) is 8.48. The molecule has 1 aliphatic heterocycles. The van der Waals surface area contributed by atoms with E-state index in [1.54, 1.807) is 0 Å². The van der Waals surface area contributed by atoms with Crippen LogP contribution in [0.1, 0.15) is 38.9 Å². The van der Waals surface area contributed by atoms with E-state index in [2.05, 4.69) is 17.2 Å². The molecule has 31 heavy (non-hydrogen) atoms. The van der Waals surface area contributed by atoms with E-state index in [1.165, 1.54) is 0 Å². The van der Waals surface area contributed by atoms with Crippen LogP contribution in [0, 0.1) is 11.3 Å². The number of alkyl halides is 1. The first-order valence-electron chi connectivity index (χ1n) is 10.4. The standard InChI is InChI=1S/C24H28ClN5O/c1-16(2)14-27-22(20(25)13-26)24(31)28-19-10-9-17(3)23-29-21(15-30(23)12-11-19)18-7-5-4-6-8-18/h4-8,10-13,15-17,20,26H,9,14H2,1-3H3,(H,28,31). The number of rotatable bonds is 7. The maximum absolute atomic E-state index is 12.8. The Labute approximate surface area is 188 Å². The van der Waals surface area contributed by atoms with Gasteiger partial charge in [0.2, 0.25) is 0 Å². The Bertz CT molecular complexity index is 1020. The van der Waals surface area contributed by atoms with Crippen molar-refractivity contribution in [2.24, 2.45) is 10.9 Å². The summed E-state index contributed by atoms with van der Waals surface area (Å²) in [7, 11) is 0. The maximum Gasteiger partial charge on any atom is 0.271 e. The molecule has 0 radical (unpaired) electrons. The lowest BCUT2D eigenvalue weighted by atomic mass is 10.1. The van der Waals surface area contributed by atoms with Gasteiger partial charge in [0.15, 0.2) is 0 Å². The number of halogens is 1. The summed E-state index contributed by atoms with van der Waals surface area (Å²) < 4.78 is 2.00. The van der Waals surface area contributed by atoms with Crippen LogP contribution in [0.15, 0.2) is 59.4 Å². The first-order chi connectivity index (χ1) is 14.9. The summed E-state index contributed by atoms with van der Waals surface area (Å²) in [6, 6.07) is 10.1. The van der Waals surface area contributed by atoms with Crippen LogP contribution in [0.4, 0.5) is 0 Å². The monoisotopic (exact) mass is 437 g/mol. The minimum atomic E-state index is -0.857. The molecule has 1 amide bonds. The van der Waals surface area contributed by atoms with E-state index in [-0.39, 0.29) is 23.5 Å². The summed E-state index contributed by atoms with van der Waals surface area (Å²) in [6.45, 7) is 6.62. The summed E-state index contributed by atoms with van der Waals surface area (Å²) in [5.74, 6) is 1.05. The first-order valence-corrected chi connectivity index (χ1v) is 10.9. The molecular weight excluding hydrogens is 410 g/mol. The SMILES string of the molecule is CC(C)CN=C(C(=O)NC1=CCC(C)c2nc(-c3ccccc3)cn2C=C1)C(Cl)C=N. The van der Waals surface area contributed by atoms with Gasteiger partial charge in [-0.1, -0.05) is 57.2 Å². The van der Waals surface area contributed by atoms with Crippen LogP contribution in [-0.4, -0.2) is 39.3 Å². The van der Waals surface area contributed by atoms with Crippen molar-refractivity contribution in [3.05, 3.63) is 60.2 Å². The van der Waals surface area contributed by atoms with Crippen molar-refractivity contribution in [1.29, 1.82) is 5.41 Å². The van der Waals surface area contributed by atoms with Gasteiger partial charge < -0.3 is 15.3 Å². The smallest absolute Gasteiger partial charge is 0.271 e. The van der Waals surface area contributed by atoms with Gasteiger partial charge in [-0.15, -0.1) is 11.6 Å². The zero-order valence-corrected chi connectivity index (χ0v) is 18.8. The van der Waals surface area contributed by atoms with E-state index in [0.717, 1.165) is 29.7 Å². The lowest BCUT2D eigenvalue weighted by Crippen LogP contribution is -2.36. The Morgan fingerprint density at radius 3 is 2.81 bits per heavy atom. The predicted molar refractivity (Wildman–Crippen MR) is 128 cm³/mol. The molecule has 2 N–H and O–H groups in total. The van der Waals surface area contributed by atoms with Gasteiger partial charge in [-0.25, -0.2) is 4.98 Å². The number of fused-ring (bicyclic) bond motifs is 1. The highest BCUT2D eigenvalue weighted by atomic mass is 35.5. The van der Waals surface area contributed by atoms with Crippen LogP contribution >= 0.6 is 11.6 Å². The number of aromatic nitrogens is 2. The number of carbonyl (C=O) groups is 1. The number of benzene rings is 1. The van der Waals surface area contributed by atoms with Gasteiger partial charge in [-0.05, 0) is 18.4 Å². The predicted octanol–water partition coefficient (Wildman–Crippen LogP) is 4.88. The molecule has 0 aliphatic carbocycles. The van der Waals surface area contributed by atoms with Crippen molar-refractivity contribution in [2.75, 3.05) is 6.54 Å². The van der Waals surface area contributed by atoms with E-state index in [9.17, 15) is 4.79 Å². The Balaban J connectivity index is 1.82. The number of allylic oxidation sites excluding steroid dienone is 2. The zero-order valence-electron chi connectivity index (χ0n) is 18.0. The van der Waals surface area contributed by atoms with E-state index in [1.807, 2.05) is 73.3 Å². The molecule has 2 aromatic rings. The number of aliphatic imine (C=N–C) groups is 1. The normalized spacial score (nSPS) is 17.4. The Morgan fingerprint density at radius 1 is 1.39 bits per heavy atom. The Hall–Kier alpha value is -2.99. The molecule has 1 aliphatic rings. The molecule has 7 heteroatoms. The molecule has 6 nitrogen and oxygen atoms in total. The molecule has 0 saturated heterocycles. The van der Waals surface area contributed by atoms with E-state index in [0.29, 0.717) is 12.2 Å². The van der Waals surface area contributed by atoms with Gasteiger partial charge >= 0.3 is 0 Å². The third-order valence-corrected chi connectivity index (χ3v) is 5.23. The molecule has 2 unspecified atom stereocenters. The van der Waals surface area contributed by atoms with Crippen LogP contribution in [-0.2, 0) is 4.79 Å². The Morgan fingerprint density at radius 2 is 2.13 bits per heavy atom. The molecule has 0 saturated carbocycles. The molecule has 0 spiro atoms. The quantitative estimate of drug-likeness (QED) is 0.477. The average Bonchev–Trinajstić information content (AvgIpc) is 3.18. The van der Waals surface area contributed by atoms with Crippen LogP contribution in [0.3, 0.4) is 0 Å². The maximum atomic E-state index is 12.8. The fourth-order valence-electron chi connectivity index (χ4n) is 3.21. The molecule has 3 rings (SSSR count). The largest absolute Gasteiger partial charge is 0.321 e. The van der Waals surface area contributed by atoms with Crippen molar-refractivity contribution < 1.29 is 4.79 Å². The van der Waals surface area contributed by atoms with Crippen molar-refractivity contribution in [1.82, 2.24) is 14.9 Å². The second-order valence-electron chi connectivity index (χ2n) is 8.01.